The standard InChI is InChI=1S/C14H15N3O.ClH/c15-6-14-13-3-1-2-11(12(13)4-5-18-14)10-7-16-9-17-8-10;/h1-3,7-9,14H,4-6,15H2;1H. The molecule has 1 aromatic heterocycles. The number of nitrogens with two attached hydrogens (primary N) is 1. The van der Waals surface area contributed by atoms with Gasteiger partial charge in [-0.05, 0) is 23.1 Å². The molecule has 4 nitrogen and oxygen atoms in total. The minimum absolute atomic E-state index is 0. The second-order valence-corrected chi connectivity index (χ2v) is 4.35. The molecule has 2 aromatic rings. The molecular formula is C14H16ClN3O. The van der Waals surface area contributed by atoms with Gasteiger partial charge in [0.2, 0.25) is 0 Å². The third-order valence-electron chi connectivity index (χ3n) is 3.32. The van der Waals surface area contributed by atoms with Gasteiger partial charge in [-0.2, -0.15) is 0 Å². The molecular weight excluding hydrogens is 262 g/mol. The van der Waals surface area contributed by atoms with Crippen LogP contribution in [0.1, 0.15) is 17.2 Å². The second kappa shape index (κ2) is 6.10. The number of aromatic nitrogens is 2. The zero-order chi connectivity index (χ0) is 12.4. The van der Waals surface area contributed by atoms with Gasteiger partial charge >= 0.3 is 0 Å². The van der Waals surface area contributed by atoms with Gasteiger partial charge in [0.25, 0.3) is 0 Å². The topological polar surface area (TPSA) is 61.0 Å². The van der Waals surface area contributed by atoms with Crippen molar-refractivity contribution in [1.82, 2.24) is 9.97 Å². The summed E-state index contributed by atoms with van der Waals surface area (Å²) in [5, 5.41) is 0. The molecule has 0 spiro atoms. The summed E-state index contributed by atoms with van der Waals surface area (Å²) in [6.45, 7) is 1.24. The van der Waals surface area contributed by atoms with Crippen LogP contribution in [0.25, 0.3) is 11.1 Å². The van der Waals surface area contributed by atoms with E-state index in [2.05, 4.69) is 22.1 Å². The van der Waals surface area contributed by atoms with Crippen molar-refractivity contribution in [1.29, 1.82) is 0 Å². The molecule has 0 radical (unpaired) electrons. The Bertz CT molecular complexity index is 548. The molecule has 1 atom stereocenters. The molecule has 0 saturated heterocycles. The fraction of sp³-hybridized carbons (Fsp3) is 0.286. The van der Waals surface area contributed by atoms with Crippen LogP contribution in [0.3, 0.4) is 0 Å². The Hall–Kier alpha value is -1.49. The molecule has 0 fully saturated rings. The first-order chi connectivity index (χ1) is 8.90. The number of hydrogen-bond acceptors (Lipinski definition) is 4. The molecule has 1 aliphatic rings. The summed E-state index contributed by atoms with van der Waals surface area (Å²) in [5.41, 5.74) is 10.5. The van der Waals surface area contributed by atoms with Gasteiger partial charge in [-0.15, -0.1) is 12.4 Å². The van der Waals surface area contributed by atoms with Crippen LogP contribution in [-0.4, -0.2) is 23.1 Å². The van der Waals surface area contributed by atoms with Crippen molar-refractivity contribution in [2.24, 2.45) is 5.73 Å². The zero-order valence-electron chi connectivity index (χ0n) is 10.5. The van der Waals surface area contributed by atoms with Gasteiger partial charge < -0.3 is 10.5 Å². The highest BCUT2D eigenvalue weighted by atomic mass is 35.5. The molecule has 19 heavy (non-hydrogen) atoms. The van der Waals surface area contributed by atoms with E-state index in [0.717, 1.165) is 18.6 Å². The van der Waals surface area contributed by atoms with E-state index in [1.807, 2.05) is 18.5 Å². The van der Waals surface area contributed by atoms with Crippen molar-refractivity contribution >= 4 is 12.4 Å². The molecule has 5 heteroatoms. The van der Waals surface area contributed by atoms with Gasteiger partial charge in [0, 0.05) is 24.5 Å². The van der Waals surface area contributed by atoms with Crippen molar-refractivity contribution in [2.75, 3.05) is 13.2 Å². The van der Waals surface area contributed by atoms with E-state index >= 15 is 0 Å². The van der Waals surface area contributed by atoms with Crippen LogP contribution in [0.2, 0.25) is 0 Å². The highest BCUT2D eigenvalue weighted by molar-refractivity contribution is 5.85. The van der Waals surface area contributed by atoms with E-state index in [4.69, 9.17) is 10.5 Å². The molecule has 2 heterocycles. The Labute approximate surface area is 118 Å². The quantitative estimate of drug-likeness (QED) is 0.914. The molecule has 1 aliphatic heterocycles. The van der Waals surface area contributed by atoms with E-state index in [0.29, 0.717) is 6.54 Å². The Morgan fingerprint density at radius 1 is 1.26 bits per heavy atom. The smallest absolute Gasteiger partial charge is 0.115 e. The number of ether oxygens (including phenoxy) is 1. The van der Waals surface area contributed by atoms with Gasteiger partial charge in [0.1, 0.15) is 6.33 Å². The SMILES string of the molecule is Cl.NCC1OCCc2c(-c3cncnc3)cccc21. The lowest BCUT2D eigenvalue weighted by molar-refractivity contribution is 0.0486. The van der Waals surface area contributed by atoms with E-state index in [1.165, 1.54) is 16.7 Å². The van der Waals surface area contributed by atoms with Crippen molar-refractivity contribution < 1.29 is 4.74 Å². The number of nitrogens with zero attached hydrogens (tertiary/aromatic N) is 2. The van der Waals surface area contributed by atoms with Crippen molar-refractivity contribution in [3.8, 4) is 11.1 Å². The van der Waals surface area contributed by atoms with Crippen molar-refractivity contribution in [3.63, 3.8) is 0 Å². The van der Waals surface area contributed by atoms with E-state index in [9.17, 15) is 0 Å². The summed E-state index contributed by atoms with van der Waals surface area (Å²) in [6.07, 6.45) is 6.16. The first kappa shape index (κ1) is 13.9. The number of benzene rings is 1. The van der Waals surface area contributed by atoms with Crippen molar-refractivity contribution in [3.05, 3.63) is 48.0 Å². The summed E-state index contributed by atoms with van der Waals surface area (Å²) in [5.74, 6) is 0. The number of fused-ring (bicyclic) bond motifs is 1. The number of halogens is 1. The van der Waals surface area contributed by atoms with Crippen LogP contribution >= 0.6 is 12.4 Å². The molecule has 3 rings (SSSR count). The second-order valence-electron chi connectivity index (χ2n) is 4.35. The van der Waals surface area contributed by atoms with Crippen LogP contribution in [0.4, 0.5) is 0 Å². The molecule has 100 valence electrons. The first-order valence-corrected chi connectivity index (χ1v) is 6.09. The van der Waals surface area contributed by atoms with Crippen LogP contribution in [0.15, 0.2) is 36.9 Å². The molecule has 0 bridgehead atoms. The molecule has 0 amide bonds. The maximum absolute atomic E-state index is 5.76. The minimum atomic E-state index is 0. The Morgan fingerprint density at radius 3 is 2.79 bits per heavy atom. The lowest BCUT2D eigenvalue weighted by atomic mass is 9.90. The molecule has 1 aromatic carbocycles. The number of hydrogen-bond donors (Lipinski definition) is 1. The summed E-state index contributed by atoms with van der Waals surface area (Å²) in [6, 6.07) is 6.24. The third kappa shape index (κ3) is 2.61. The summed E-state index contributed by atoms with van der Waals surface area (Å²) < 4.78 is 5.69. The fourth-order valence-corrected chi connectivity index (χ4v) is 2.48. The highest BCUT2D eigenvalue weighted by Gasteiger charge is 2.22. The van der Waals surface area contributed by atoms with Gasteiger partial charge in [-0.1, -0.05) is 18.2 Å². The predicted octanol–water partition coefficient (Wildman–Crippen LogP) is 2.14. The van der Waals surface area contributed by atoms with Crippen LogP contribution in [0, 0.1) is 0 Å². The molecule has 2 N–H and O–H groups in total. The average Bonchev–Trinajstić information content (AvgIpc) is 2.47. The minimum Gasteiger partial charge on any atom is -0.372 e. The maximum atomic E-state index is 5.76. The van der Waals surface area contributed by atoms with E-state index < -0.39 is 0 Å². The largest absolute Gasteiger partial charge is 0.372 e. The maximum Gasteiger partial charge on any atom is 0.115 e. The van der Waals surface area contributed by atoms with Gasteiger partial charge in [0.05, 0.1) is 12.7 Å². The Balaban J connectivity index is 0.00000133. The normalized spacial score (nSPS) is 17.4. The highest BCUT2D eigenvalue weighted by Crippen LogP contribution is 2.33. The third-order valence-corrected chi connectivity index (χ3v) is 3.32. The van der Waals surface area contributed by atoms with Crippen LogP contribution in [-0.2, 0) is 11.2 Å². The number of rotatable bonds is 2. The van der Waals surface area contributed by atoms with E-state index in [1.54, 1.807) is 6.33 Å². The monoisotopic (exact) mass is 277 g/mol. The Morgan fingerprint density at radius 2 is 2.05 bits per heavy atom. The summed E-state index contributed by atoms with van der Waals surface area (Å²) >= 11 is 0. The lowest BCUT2D eigenvalue weighted by Gasteiger charge is -2.26. The zero-order valence-corrected chi connectivity index (χ0v) is 11.3. The molecule has 1 unspecified atom stereocenters. The summed E-state index contributed by atoms with van der Waals surface area (Å²) in [4.78, 5) is 8.16. The van der Waals surface area contributed by atoms with E-state index in [-0.39, 0.29) is 18.5 Å². The van der Waals surface area contributed by atoms with Gasteiger partial charge in [-0.3, -0.25) is 0 Å². The predicted molar refractivity (Wildman–Crippen MR) is 76.2 cm³/mol. The average molecular weight is 278 g/mol. The Kier molecular flexibility index (Phi) is 4.47. The van der Waals surface area contributed by atoms with Gasteiger partial charge in [-0.25, -0.2) is 9.97 Å². The van der Waals surface area contributed by atoms with Crippen LogP contribution in [0.5, 0.6) is 0 Å². The first-order valence-electron chi connectivity index (χ1n) is 6.09. The summed E-state index contributed by atoms with van der Waals surface area (Å²) in [7, 11) is 0. The van der Waals surface area contributed by atoms with Gasteiger partial charge in [0.15, 0.2) is 0 Å². The fourth-order valence-electron chi connectivity index (χ4n) is 2.48. The molecule has 0 saturated carbocycles. The lowest BCUT2D eigenvalue weighted by Crippen LogP contribution is -2.23. The van der Waals surface area contributed by atoms with Crippen LogP contribution < -0.4 is 5.73 Å². The van der Waals surface area contributed by atoms with Crippen molar-refractivity contribution in [2.45, 2.75) is 12.5 Å². The molecule has 0 aliphatic carbocycles.